The summed E-state index contributed by atoms with van der Waals surface area (Å²) >= 11 is 0. The zero-order valence-electron chi connectivity index (χ0n) is 18.8. The molecular weight excluding hydrogens is 428 g/mol. The van der Waals surface area contributed by atoms with E-state index in [0.717, 1.165) is 0 Å². The van der Waals surface area contributed by atoms with Crippen molar-refractivity contribution in [2.75, 3.05) is 0 Å². The Hall–Kier alpha value is -4.58. The van der Waals surface area contributed by atoms with Gasteiger partial charge in [0.05, 0.1) is 22.5 Å². The van der Waals surface area contributed by atoms with Crippen LogP contribution in [0.25, 0.3) is 11.5 Å². The van der Waals surface area contributed by atoms with Crippen molar-refractivity contribution < 1.29 is 19.8 Å². The number of allylic oxidation sites excluding steroid dienone is 2. The van der Waals surface area contributed by atoms with Crippen LogP contribution >= 0.6 is 0 Å². The van der Waals surface area contributed by atoms with Gasteiger partial charge in [-0.25, -0.2) is 0 Å². The summed E-state index contributed by atoms with van der Waals surface area (Å²) in [5.74, 6) is -1.04. The van der Waals surface area contributed by atoms with Crippen molar-refractivity contribution in [1.82, 2.24) is 0 Å². The molecule has 0 aliphatic rings. The van der Waals surface area contributed by atoms with E-state index in [1.165, 1.54) is 26.3 Å². The number of hydrogen-bond donors (Lipinski definition) is 2. The second kappa shape index (κ2) is 11.3. The van der Waals surface area contributed by atoms with Gasteiger partial charge in [0.2, 0.25) is 0 Å². The minimum Gasteiger partial charge on any atom is -0.507 e. The Labute approximate surface area is 198 Å². The highest BCUT2D eigenvalue weighted by Gasteiger charge is 2.13. The average Bonchev–Trinajstić information content (AvgIpc) is 2.85. The first kappa shape index (κ1) is 24.1. The monoisotopic (exact) mass is 452 g/mol. The lowest BCUT2D eigenvalue weighted by Gasteiger charge is -2.06. The molecule has 0 radical (unpaired) electrons. The molecule has 0 saturated heterocycles. The molecule has 3 aromatic rings. The number of para-hydroxylation sites is 2. The SMILES string of the molecule is CC(=O)/C(C=Nc1ccccc1N=C/C(C(C)=O)=C(\O)c1ccccc1)=C(/O)c1ccccc1. The lowest BCUT2D eigenvalue weighted by Crippen LogP contribution is -2.03. The second-order valence-corrected chi connectivity index (χ2v) is 7.37. The number of aliphatic imine (C=N–C) groups is 2. The fourth-order valence-electron chi connectivity index (χ4n) is 3.09. The number of benzene rings is 3. The third kappa shape index (κ3) is 6.01. The topological polar surface area (TPSA) is 99.3 Å². The molecule has 170 valence electrons. The molecule has 0 heterocycles. The molecule has 0 aliphatic heterocycles. The molecule has 3 rings (SSSR count). The Balaban J connectivity index is 1.98. The first-order valence-electron chi connectivity index (χ1n) is 10.5. The van der Waals surface area contributed by atoms with E-state index in [1.807, 2.05) is 12.1 Å². The number of carbonyl (C=O) groups excluding carboxylic acids is 2. The highest BCUT2D eigenvalue weighted by molar-refractivity contribution is 6.18. The smallest absolute Gasteiger partial charge is 0.165 e. The molecule has 0 saturated carbocycles. The maximum absolute atomic E-state index is 12.2. The summed E-state index contributed by atoms with van der Waals surface area (Å²) in [5.41, 5.74) is 1.93. The van der Waals surface area contributed by atoms with Gasteiger partial charge in [-0.2, -0.15) is 0 Å². The summed E-state index contributed by atoms with van der Waals surface area (Å²) in [4.78, 5) is 33.0. The Morgan fingerprint density at radius 2 is 0.912 bits per heavy atom. The van der Waals surface area contributed by atoms with Crippen molar-refractivity contribution in [2.24, 2.45) is 9.98 Å². The number of Topliss-reactive ketones (excluding diaryl/α,β-unsaturated/α-hetero) is 2. The predicted molar refractivity (Wildman–Crippen MR) is 136 cm³/mol. The number of nitrogens with zero attached hydrogens (tertiary/aromatic N) is 2. The highest BCUT2D eigenvalue weighted by atomic mass is 16.3. The molecule has 0 fully saturated rings. The third-order valence-corrected chi connectivity index (χ3v) is 4.91. The maximum atomic E-state index is 12.2. The zero-order valence-corrected chi connectivity index (χ0v) is 18.8. The summed E-state index contributed by atoms with van der Waals surface area (Å²) in [6, 6.07) is 24.3. The first-order valence-corrected chi connectivity index (χ1v) is 10.5. The molecule has 2 N–H and O–H groups in total. The third-order valence-electron chi connectivity index (χ3n) is 4.91. The van der Waals surface area contributed by atoms with Crippen LogP contribution in [0, 0.1) is 0 Å². The van der Waals surface area contributed by atoms with E-state index < -0.39 is 0 Å². The van der Waals surface area contributed by atoms with Gasteiger partial charge < -0.3 is 10.2 Å². The van der Waals surface area contributed by atoms with Crippen molar-refractivity contribution in [2.45, 2.75) is 13.8 Å². The molecule has 0 spiro atoms. The number of rotatable bonds is 8. The van der Waals surface area contributed by atoms with Crippen LogP contribution in [-0.2, 0) is 9.59 Å². The molecule has 0 atom stereocenters. The van der Waals surface area contributed by atoms with Crippen molar-refractivity contribution in [3.63, 3.8) is 0 Å². The molecule has 6 nitrogen and oxygen atoms in total. The van der Waals surface area contributed by atoms with Gasteiger partial charge in [-0.3, -0.25) is 19.6 Å². The van der Waals surface area contributed by atoms with E-state index in [2.05, 4.69) is 9.98 Å². The van der Waals surface area contributed by atoms with Crippen molar-refractivity contribution in [3.05, 3.63) is 107 Å². The lowest BCUT2D eigenvalue weighted by atomic mass is 10.1. The Bertz CT molecular complexity index is 1200. The van der Waals surface area contributed by atoms with Crippen molar-refractivity contribution in [3.8, 4) is 0 Å². The van der Waals surface area contributed by atoms with Crippen LogP contribution in [0.5, 0.6) is 0 Å². The largest absolute Gasteiger partial charge is 0.507 e. The van der Waals surface area contributed by atoms with Gasteiger partial charge in [0.1, 0.15) is 11.5 Å². The first-order chi connectivity index (χ1) is 16.4. The van der Waals surface area contributed by atoms with Gasteiger partial charge in [0.25, 0.3) is 0 Å². The van der Waals surface area contributed by atoms with Crippen LogP contribution in [0.15, 0.2) is 106 Å². The van der Waals surface area contributed by atoms with E-state index in [1.54, 1.807) is 72.8 Å². The summed E-state index contributed by atoms with van der Waals surface area (Å²) in [6.07, 6.45) is 2.59. The van der Waals surface area contributed by atoms with Gasteiger partial charge in [-0.05, 0) is 26.0 Å². The Morgan fingerprint density at radius 3 is 1.24 bits per heavy atom. The maximum Gasteiger partial charge on any atom is 0.165 e. The van der Waals surface area contributed by atoms with Gasteiger partial charge in [-0.1, -0.05) is 72.8 Å². The van der Waals surface area contributed by atoms with Crippen LogP contribution in [0.2, 0.25) is 0 Å². The zero-order chi connectivity index (χ0) is 24.5. The molecule has 0 bridgehead atoms. The quantitative estimate of drug-likeness (QED) is 0.241. The molecule has 0 unspecified atom stereocenters. The molecule has 0 aromatic heterocycles. The lowest BCUT2D eigenvalue weighted by molar-refractivity contribution is -0.114. The molecule has 0 amide bonds. The van der Waals surface area contributed by atoms with Gasteiger partial charge in [-0.15, -0.1) is 0 Å². The number of ketones is 2. The average molecular weight is 453 g/mol. The standard InChI is InChI=1S/C28H24N2O4/c1-19(31)23(27(33)21-11-5-3-6-12-21)17-29-25-15-9-10-16-26(25)30-18-24(20(2)32)28(34)22-13-7-4-8-14-22/h3-18,33-34H,1-2H3/b27-23+,28-24+,29-17?,30-18?. The molecule has 0 aliphatic carbocycles. The van der Waals surface area contributed by atoms with Crippen LogP contribution in [0.3, 0.4) is 0 Å². The second-order valence-electron chi connectivity index (χ2n) is 7.37. The summed E-state index contributed by atoms with van der Waals surface area (Å²) < 4.78 is 0. The summed E-state index contributed by atoms with van der Waals surface area (Å²) in [7, 11) is 0. The van der Waals surface area contributed by atoms with E-state index >= 15 is 0 Å². The number of aliphatic hydroxyl groups excluding tert-OH is 2. The fourth-order valence-corrected chi connectivity index (χ4v) is 3.09. The van der Waals surface area contributed by atoms with Crippen LogP contribution in [0.4, 0.5) is 11.4 Å². The number of hydrogen-bond acceptors (Lipinski definition) is 6. The summed E-state index contributed by atoms with van der Waals surface area (Å²) in [6.45, 7) is 2.70. The predicted octanol–water partition coefficient (Wildman–Crippen LogP) is 6.21. The van der Waals surface area contributed by atoms with Crippen LogP contribution < -0.4 is 0 Å². The van der Waals surface area contributed by atoms with E-state index in [4.69, 9.17) is 0 Å². The normalized spacial score (nSPS) is 13.0. The minimum atomic E-state index is -0.347. The van der Waals surface area contributed by atoms with E-state index in [9.17, 15) is 19.8 Å². The molecule has 6 heteroatoms. The Kier molecular flexibility index (Phi) is 8.02. The fraction of sp³-hybridized carbons (Fsp3) is 0.0714. The van der Waals surface area contributed by atoms with Crippen molar-refractivity contribution in [1.29, 1.82) is 0 Å². The van der Waals surface area contributed by atoms with Gasteiger partial charge in [0, 0.05) is 23.6 Å². The van der Waals surface area contributed by atoms with Crippen LogP contribution in [-0.4, -0.2) is 34.2 Å². The minimum absolute atomic E-state index is 0.0519. The molecule has 34 heavy (non-hydrogen) atoms. The van der Waals surface area contributed by atoms with Crippen molar-refractivity contribution >= 4 is 46.9 Å². The Morgan fingerprint density at radius 1 is 0.588 bits per heavy atom. The van der Waals surface area contributed by atoms with Gasteiger partial charge >= 0.3 is 0 Å². The number of carbonyl (C=O) groups is 2. The van der Waals surface area contributed by atoms with E-state index in [0.29, 0.717) is 22.5 Å². The molecular formula is C28H24N2O4. The molecule has 3 aromatic carbocycles. The highest BCUT2D eigenvalue weighted by Crippen LogP contribution is 2.28. The van der Waals surface area contributed by atoms with Crippen LogP contribution in [0.1, 0.15) is 25.0 Å². The van der Waals surface area contributed by atoms with Gasteiger partial charge in [0.15, 0.2) is 11.6 Å². The van der Waals surface area contributed by atoms with E-state index in [-0.39, 0.29) is 34.2 Å². The number of aliphatic hydroxyl groups is 2. The summed E-state index contributed by atoms with van der Waals surface area (Å²) in [5, 5.41) is 21.1.